The normalized spacial score (nSPS) is 30.4. The minimum atomic E-state index is -0.536. The molecule has 0 saturated carbocycles. The third-order valence-corrected chi connectivity index (χ3v) is 3.83. The molecule has 4 heteroatoms. The van der Waals surface area contributed by atoms with Gasteiger partial charge < -0.3 is 10.1 Å². The Balaban J connectivity index is 2.15. The van der Waals surface area contributed by atoms with Gasteiger partial charge in [0.1, 0.15) is 5.75 Å². The standard InChI is InChI=1S/C13H16N2O2/c1-8-5-4-6-9-10-7-13(2,17-11(8)9)15(3)12(16)14-10/h4-6,10H,7H2,1-3H3,(H,14,16). The summed E-state index contributed by atoms with van der Waals surface area (Å²) in [7, 11) is 1.77. The van der Waals surface area contributed by atoms with Crippen molar-refractivity contribution in [3.8, 4) is 5.75 Å². The van der Waals surface area contributed by atoms with E-state index >= 15 is 0 Å². The molecule has 2 heterocycles. The number of nitrogens with one attached hydrogen (secondary N) is 1. The van der Waals surface area contributed by atoms with Gasteiger partial charge in [-0.15, -0.1) is 0 Å². The van der Waals surface area contributed by atoms with E-state index in [1.54, 1.807) is 11.9 Å². The van der Waals surface area contributed by atoms with Crippen molar-refractivity contribution in [2.24, 2.45) is 0 Å². The number of carbonyl (C=O) groups excluding carboxylic acids is 1. The van der Waals surface area contributed by atoms with Gasteiger partial charge in [0.2, 0.25) is 0 Å². The molecule has 17 heavy (non-hydrogen) atoms. The molecule has 1 saturated heterocycles. The molecule has 0 spiro atoms. The van der Waals surface area contributed by atoms with Crippen LogP contribution in [0.5, 0.6) is 5.75 Å². The number of benzene rings is 1. The highest BCUT2D eigenvalue weighted by Gasteiger charge is 2.47. The summed E-state index contributed by atoms with van der Waals surface area (Å²) >= 11 is 0. The summed E-state index contributed by atoms with van der Waals surface area (Å²) in [5.74, 6) is 0.915. The van der Waals surface area contributed by atoms with Crippen LogP contribution in [0.1, 0.15) is 30.5 Å². The summed E-state index contributed by atoms with van der Waals surface area (Å²) in [5, 5.41) is 3.01. The van der Waals surface area contributed by atoms with Crippen molar-refractivity contribution < 1.29 is 9.53 Å². The Labute approximate surface area is 101 Å². The molecular weight excluding hydrogens is 216 g/mol. The molecule has 1 aromatic rings. The zero-order chi connectivity index (χ0) is 12.2. The fourth-order valence-corrected chi connectivity index (χ4v) is 2.63. The molecule has 0 radical (unpaired) electrons. The topological polar surface area (TPSA) is 41.6 Å². The lowest BCUT2D eigenvalue weighted by atomic mass is 9.89. The van der Waals surface area contributed by atoms with Crippen LogP contribution in [0.3, 0.4) is 0 Å². The third kappa shape index (κ3) is 1.33. The maximum atomic E-state index is 11.8. The quantitative estimate of drug-likeness (QED) is 0.745. The van der Waals surface area contributed by atoms with E-state index in [1.807, 2.05) is 32.0 Å². The van der Waals surface area contributed by atoms with Crippen molar-refractivity contribution in [2.75, 3.05) is 7.05 Å². The Morgan fingerprint density at radius 2 is 2.29 bits per heavy atom. The monoisotopic (exact) mass is 232 g/mol. The van der Waals surface area contributed by atoms with Gasteiger partial charge in [0, 0.05) is 19.0 Å². The molecule has 2 unspecified atom stereocenters. The molecule has 1 fully saturated rings. The Kier molecular flexibility index (Phi) is 1.94. The summed E-state index contributed by atoms with van der Waals surface area (Å²) < 4.78 is 6.07. The SMILES string of the molecule is Cc1cccc2c1OC1(C)CC2NC(=O)N1C. The lowest BCUT2D eigenvalue weighted by Crippen LogP contribution is -2.63. The van der Waals surface area contributed by atoms with Crippen LogP contribution in [0.15, 0.2) is 18.2 Å². The second-order valence-electron chi connectivity index (χ2n) is 5.04. The second-order valence-corrected chi connectivity index (χ2v) is 5.04. The summed E-state index contributed by atoms with van der Waals surface area (Å²) in [6.45, 7) is 4.00. The van der Waals surface area contributed by atoms with Crippen LogP contribution < -0.4 is 10.1 Å². The number of hydrogen-bond acceptors (Lipinski definition) is 2. The highest BCUT2D eigenvalue weighted by atomic mass is 16.5. The van der Waals surface area contributed by atoms with E-state index in [9.17, 15) is 4.79 Å². The van der Waals surface area contributed by atoms with Crippen molar-refractivity contribution in [3.05, 3.63) is 29.3 Å². The van der Waals surface area contributed by atoms with Crippen molar-refractivity contribution in [3.63, 3.8) is 0 Å². The molecule has 0 aromatic heterocycles. The first-order chi connectivity index (χ1) is 8.01. The number of hydrogen-bond donors (Lipinski definition) is 1. The van der Waals surface area contributed by atoms with Crippen molar-refractivity contribution in [1.29, 1.82) is 0 Å². The van der Waals surface area contributed by atoms with E-state index in [2.05, 4.69) is 5.32 Å². The third-order valence-electron chi connectivity index (χ3n) is 3.83. The Hall–Kier alpha value is -1.71. The first kappa shape index (κ1) is 10.4. The molecule has 0 aliphatic carbocycles. The van der Waals surface area contributed by atoms with E-state index in [-0.39, 0.29) is 12.1 Å². The van der Waals surface area contributed by atoms with Gasteiger partial charge in [-0.05, 0) is 19.4 Å². The van der Waals surface area contributed by atoms with Crippen LogP contribution in [0, 0.1) is 6.92 Å². The summed E-state index contributed by atoms with van der Waals surface area (Å²) in [5.41, 5.74) is 1.67. The zero-order valence-electron chi connectivity index (χ0n) is 10.3. The van der Waals surface area contributed by atoms with Crippen LogP contribution in [0.2, 0.25) is 0 Å². The van der Waals surface area contributed by atoms with Crippen LogP contribution in [0.4, 0.5) is 4.79 Å². The average molecular weight is 232 g/mol. The zero-order valence-corrected chi connectivity index (χ0v) is 10.3. The summed E-state index contributed by atoms with van der Waals surface area (Å²) in [6, 6.07) is 6.05. The number of urea groups is 1. The Morgan fingerprint density at radius 3 is 3.06 bits per heavy atom. The van der Waals surface area contributed by atoms with Gasteiger partial charge in [0.15, 0.2) is 5.72 Å². The van der Waals surface area contributed by atoms with Gasteiger partial charge in [-0.3, -0.25) is 4.90 Å². The van der Waals surface area contributed by atoms with Crippen LogP contribution in [-0.4, -0.2) is 23.7 Å². The van der Waals surface area contributed by atoms with Gasteiger partial charge in [0.05, 0.1) is 6.04 Å². The number of aryl methyl sites for hydroxylation is 1. The maximum Gasteiger partial charge on any atom is 0.320 e. The number of rotatable bonds is 0. The van der Waals surface area contributed by atoms with Crippen molar-refractivity contribution in [2.45, 2.75) is 32.0 Å². The van der Waals surface area contributed by atoms with Crippen LogP contribution in [-0.2, 0) is 0 Å². The lowest BCUT2D eigenvalue weighted by Gasteiger charge is -2.49. The van der Waals surface area contributed by atoms with E-state index in [0.717, 1.165) is 23.3 Å². The minimum Gasteiger partial charge on any atom is -0.467 e. The first-order valence-corrected chi connectivity index (χ1v) is 5.84. The van der Waals surface area contributed by atoms with E-state index in [0.29, 0.717) is 0 Å². The van der Waals surface area contributed by atoms with Crippen molar-refractivity contribution in [1.82, 2.24) is 10.2 Å². The van der Waals surface area contributed by atoms with E-state index in [4.69, 9.17) is 4.74 Å². The predicted molar refractivity (Wildman–Crippen MR) is 63.9 cm³/mol. The van der Waals surface area contributed by atoms with Gasteiger partial charge >= 0.3 is 6.03 Å². The molecule has 2 bridgehead atoms. The molecule has 90 valence electrons. The summed E-state index contributed by atoms with van der Waals surface area (Å²) in [4.78, 5) is 13.5. The Bertz CT molecular complexity index is 500. The number of ether oxygens (including phenoxy) is 1. The van der Waals surface area contributed by atoms with Crippen LogP contribution >= 0.6 is 0 Å². The number of nitrogens with zero attached hydrogens (tertiary/aromatic N) is 1. The largest absolute Gasteiger partial charge is 0.467 e. The molecule has 1 N–H and O–H groups in total. The number of fused-ring (bicyclic) bond motifs is 4. The van der Waals surface area contributed by atoms with Gasteiger partial charge in [0.25, 0.3) is 0 Å². The smallest absolute Gasteiger partial charge is 0.320 e. The Morgan fingerprint density at radius 1 is 1.53 bits per heavy atom. The lowest BCUT2D eigenvalue weighted by molar-refractivity contribution is -0.0723. The molecule has 2 aliphatic rings. The molecule has 2 amide bonds. The average Bonchev–Trinajstić information content (AvgIpc) is 2.28. The fraction of sp³-hybridized carbons (Fsp3) is 0.462. The molecule has 2 atom stereocenters. The molecule has 1 aromatic carbocycles. The molecule has 2 aliphatic heterocycles. The first-order valence-electron chi connectivity index (χ1n) is 5.84. The van der Waals surface area contributed by atoms with Gasteiger partial charge in [-0.2, -0.15) is 0 Å². The molecule has 3 rings (SSSR count). The number of carbonyl (C=O) groups is 1. The van der Waals surface area contributed by atoms with E-state index < -0.39 is 5.72 Å². The highest BCUT2D eigenvalue weighted by molar-refractivity contribution is 5.77. The van der Waals surface area contributed by atoms with E-state index in [1.165, 1.54) is 0 Å². The minimum absolute atomic E-state index is 0.0624. The number of para-hydroxylation sites is 1. The van der Waals surface area contributed by atoms with Gasteiger partial charge in [-0.25, -0.2) is 4.79 Å². The predicted octanol–water partition coefficient (Wildman–Crippen LogP) is 2.19. The summed E-state index contributed by atoms with van der Waals surface area (Å²) in [6.07, 6.45) is 0.783. The van der Waals surface area contributed by atoms with Gasteiger partial charge in [-0.1, -0.05) is 18.2 Å². The number of amides is 2. The van der Waals surface area contributed by atoms with Crippen LogP contribution in [0.25, 0.3) is 0 Å². The van der Waals surface area contributed by atoms with Crippen molar-refractivity contribution >= 4 is 6.03 Å². The second kappa shape index (κ2) is 3.15. The molecule has 4 nitrogen and oxygen atoms in total. The highest BCUT2D eigenvalue weighted by Crippen LogP contribution is 2.44. The fourth-order valence-electron chi connectivity index (χ4n) is 2.63. The maximum absolute atomic E-state index is 11.8. The molecular formula is C13H16N2O2.